The number of amides is 1. The molecule has 3 aliphatic rings. The Morgan fingerprint density at radius 3 is 2.79 bits per heavy atom. The van der Waals surface area contributed by atoms with Gasteiger partial charge in [0, 0.05) is 11.9 Å². The largest absolute Gasteiger partial charge is 0.416 e. The van der Waals surface area contributed by atoms with Gasteiger partial charge in [-0.3, -0.25) is 14.8 Å². The van der Waals surface area contributed by atoms with Crippen molar-refractivity contribution in [1.29, 1.82) is 0 Å². The summed E-state index contributed by atoms with van der Waals surface area (Å²) in [7, 11) is 0. The van der Waals surface area contributed by atoms with Crippen LogP contribution in [0.1, 0.15) is 24.1 Å². The van der Waals surface area contributed by atoms with Crippen LogP contribution in [0, 0.1) is 0 Å². The first kappa shape index (κ1) is 19.1. The molecule has 4 rings (SSSR count). The van der Waals surface area contributed by atoms with Gasteiger partial charge in [0.1, 0.15) is 24.4 Å². The fraction of sp³-hybridized carbons (Fsp3) is 0.263. The second-order valence-electron chi connectivity index (χ2n) is 6.71. The van der Waals surface area contributed by atoms with E-state index in [0.717, 1.165) is 6.07 Å². The number of hydrazine groups is 1. The molecule has 7 nitrogen and oxygen atoms in total. The number of hydrogen-bond acceptors (Lipinski definition) is 6. The van der Waals surface area contributed by atoms with Gasteiger partial charge in [-0.1, -0.05) is 24.3 Å². The van der Waals surface area contributed by atoms with Gasteiger partial charge in [0.05, 0.1) is 11.6 Å². The number of carbonyl (C=O) groups excluding carboxylic acids is 1. The van der Waals surface area contributed by atoms with E-state index in [-0.39, 0.29) is 11.7 Å². The zero-order valence-electron chi connectivity index (χ0n) is 15.4. The minimum atomic E-state index is -4.47. The molecule has 0 saturated carbocycles. The van der Waals surface area contributed by atoms with Gasteiger partial charge < -0.3 is 16.0 Å². The van der Waals surface area contributed by atoms with Crippen LogP contribution in [0.5, 0.6) is 0 Å². The Morgan fingerprint density at radius 1 is 1.28 bits per heavy atom. The van der Waals surface area contributed by atoms with Gasteiger partial charge in [0.25, 0.3) is 5.91 Å². The average Bonchev–Trinajstić information content (AvgIpc) is 3.03. The number of carbonyl (C=O) groups is 1. The summed E-state index contributed by atoms with van der Waals surface area (Å²) in [5.74, 6) is 0.109. The fourth-order valence-corrected chi connectivity index (χ4v) is 3.48. The molecule has 152 valence electrons. The topological polar surface area (TPSA) is 80.8 Å². The number of benzene rings is 1. The summed E-state index contributed by atoms with van der Waals surface area (Å²) < 4.78 is 40.3. The summed E-state index contributed by atoms with van der Waals surface area (Å²) in [6.45, 7) is 2.09. The van der Waals surface area contributed by atoms with Gasteiger partial charge >= 0.3 is 6.18 Å². The van der Waals surface area contributed by atoms with Gasteiger partial charge in [0.2, 0.25) is 0 Å². The normalized spacial score (nSPS) is 23.3. The number of aliphatic imine (C=N–C) groups is 1. The number of allylic oxidation sites excluding steroid dienone is 2. The van der Waals surface area contributed by atoms with Gasteiger partial charge in [-0.15, -0.1) is 0 Å². The van der Waals surface area contributed by atoms with Crippen molar-refractivity contribution in [3.8, 4) is 0 Å². The van der Waals surface area contributed by atoms with E-state index in [4.69, 9.17) is 0 Å². The quantitative estimate of drug-likeness (QED) is 0.579. The molecule has 0 bridgehead atoms. The van der Waals surface area contributed by atoms with E-state index in [1.165, 1.54) is 12.1 Å². The van der Waals surface area contributed by atoms with Gasteiger partial charge in [-0.05, 0) is 30.7 Å². The lowest BCUT2D eigenvalue weighted by molar-refractivity contribution is -0.138. The van der Waals surface area contributed by atoms with Crippen LogP contribution in [-0.2, 0) is 11.0 Å². The number of rotatable bonds is 3. The summed E-state index contributed by atoms with van der Waals surface area (Å²) in [6.07, 6.45) is 1.76. The molecule has 29 heavy (non-hydrogen) atoms. The summed E-state index contributed by atoms with van der Waals surface area (Å²) in [5.41, 5.74) is 3.33. The highest BCUT2D eigenvalue weighted by Crippen LogP contribution is 2.36. The molecular weight excluding hydrogens is 385 g/mol. The Bertz CT molecular complexity index is 950. The van der Waals surface area contributed by atoms with Crippen LogP contribution in [0.25, 0.3) is 0 Å². The van der Waals surface area contributed by atoms with Crippen LogP contribution in [0.15, 0.2) is 64.7 Å². The van der Waals surface area contributed by atoms with Crippen molar-refractivity contribution in [3.63, 3.8) is 0 Å². The first-order valence-corrected chi connectivity index (χ1v) is 8.97. The highest BCUT2D eigenvalue weighted by molar-refractivity contribution is 5.95. The number of nitrogens with one attached hydrogen (secondary N) is 4. The lowest BCUT2D eigenvalue weighted by Crippen LogP contribution is -2.51. The molecule has 3 aliphatic heterocycles. The number of halogens is 3. The van der Waals surface area contributed by atoms with Crippen molar-refractivity contribution in [1.82, 2.24) is 26.4 Å². The van der Waals surface area contributed by atoms with E-state index in [1.54, 1.807) is 42.4 Å². The standard InChI is InChI=1S/C19H19F3N6O/c1-11-17(18(29)26-15-8-9-23-10-24-15)28-16(25-11)7-6-14(27-28)12-4-2-3-5-13(12)19(20,21)22/h2-9,14,16,24-25,27H,10H2,1H3,(H,26,29). The van der Waals surface area contributed by atoms with Crippen molar-refractivity contribution in [2.24, 2.45) is 4.99 Å². The van der Waals surface area contributed by atoms with Crippen LogP contribution < -0.4 is 21.4 Å². The van der Waals surface area contributed by atoms with Gasteiger partial charge in [-0.25, -0.2) is 5.43 Å². The van der Waals surface area contributed by atoms with Crippen LogP contribution in [0.4, 0.5) is 13.2 Å². The van der Waals surface area contributed by atoms with Crippen molar-refractivity contribution < 1.29 is 18.0 Å². The summed E-state index contributed by atoms with van der Waals surface area (Å²) >= 11 is 0. The maximum atomic E-state index is 13.4. The van der Waals surface area contributed by atoms with Crippen LogP contribution in [0.2, 0.25) is 0 Å². The fourth-order valence-electron chi connectivity index (χ4n) is 3.48. The first-order chi connectivity index (χ1) is 13.8. The maximum absolute atomic E-state index is 13.4. The zero-order chi connectivity index (χ0) is 20.6. The maximum Gasteiger partial charge on any atom is 0.416 e. The first-order valence-electron chi connectivity index (χ1n) is 8.97. The third-order valence-corrected chi connectivity index (χ3v) is 4.77. The number of alkyl halides is 3. The molecule has 0 spiro atoms. The van der Waals surface area contributed by atoms with Crippen LogP contribution in [-0.4, -0.2) is 30.0 Å². The lowest BCUT2D eigenvalue weighted by atomic mass is 9.99. The van der Waals surface area contributed by atoms with Crippen LogP contribution in [0.3, 0.4) is 0 Å². The monoisotopic (exact) mass is 404 g/mol. The SMILES string of the molecule is CC1=C(C(=O)NC2=CC=NCN2)N2NC(c3ccccc3C(F)(F)F)C=CC2N1. The highest BCUT2D eigenvalue weighted by Gasteiger charge is 2.39. The van der Waals surface area contributed by atoms with E-state index in [2.05, 4.69) is 26.4 Å². The molecule has 0 aromatic heterocycles. The molecule has 1 amide bonds. The molecule has 0 saturated heterocycles. The Balaban J connectivity index is 1.59. The van der Waals surface area contributed by atoms with Crippen molar-refractivity contribution >= 4 is 12.1 Å². The molecule has 2 atom stereocenters. The molecule has 1 aromatic rings. The molecule has 0 radical (unpaired) electrons. The molecule has 10 heteroatoms. The molecule has 1 aromatic carbocycles. The Hall–Kier alpha value is -3.27. The molecule has 0 fully saturated rings. The van der Waals surface area contributed by atoms with E-state index in [9.17, 15) is 18.0 Å². The lowest BCUT2D eigenvalue weighted by Gasteiger charge is -2.35. The predicted octanol–water partition coefficient (Wildman–Crippen LogP) is 1.87. The van der Waals surface area contributed by atoms with Crippen molar-refractivity contribution in [3.05, 3.63) is 70.8 Å². The summed E-state index contributed by atoms with van der Waals surface area (Å²) in [5, 5.41) is 10.4. The smallest absolute Gasteiger partial charge is 0.363 e. The van der Waals surface area contributed by atoms with E-state index in [0.29, 0.717) is 23.9 Å². The van der Waals surface area contributed by atoms with Crippen molar-refractivity contribution in [2.45, 2.75) is 25.3 Å². The second-order valence-corrected chi connectivity index (χ2v) is 6.71. The average molecular weight is 404 g/mol. The number of nitrogens with zero attached hydrogens (tertiary/aromatic N) is 2. The third kappa shape index (κ3) is 3.70. The minimum Gasteiger partial charge on any atom is -0.363 e. The number of fused-ring (bicyclic) bond motifs is 1. The Labute approximate surface area is 165 Å². The minimum absolute atomic E-state index is 0.0897. The van der Waals surface area contributed by atoms with Crippen molar-refractivity contribution in [2.75, 3.05) is 6.67 Å². The predicted molar refractivity (Wildman–Crippen MR) is 101 cm³/mol. The van der Waals surface area contributed by atoms with E-state index in [1.807, 2.05) is 0 Å². The molecule has 4 N–H and O–H groups in total. The summed E-state index contributed by atoms with van der Waals surface area (Å²) in [4.78, 5) is 16.8. The van der Waals surface area contributed by atoms with E-state index >= 15 is 0 Å². The Kier molecular flexibility index (Phi) is 4.79. The molecule has 3 heterocycles. The molecule has 0 aliphatic carbocycles. The van der Waals surface area contributed by atoms with Gasteiger partial charge in [-0.2, -0.15) is 13.2 Å². The third-order valence-electron chi connectivity index (χ3n) is 4.77. The zero-order valence-corrected chi connectivity index (χ0v) is 15.4. The Morgan fingerprint density at radius 2 is 2.07 bits per heavy atom. The number of hydrogen-bond donors (Lipinski definition) is 4. The van der Waals surface area contributed by atoms with Crippen LogP contribution >= 0.6 is 0 Å². The molecule has 2 unspecified atom stereocenters. The second kappa shape index (κ2) is 7.28. The summed E-state index contributed by atoms with van der Waals surface area (Å²) in [6, 6.07) is 4.67. The molecular formula is C19H19F3N6O. The van der Waals surface area contributed by atoms with E-state index < -0.39 is 23.7 Å². The van der Waals surface area contributed by atoms with Gasteiger partial charge in [0.15, 0.2) is 0 Å². The highest BCUT2D eigenvalue weighted by atomic mass is 19.4.